The van der Waals surface area contributed by atoms with Crippen LogP contribution in [0.2, 0.25) is 19.6 Å². The van der Waals surface area contributed by atoms with Gasteiger partial charge in [0.25, 0.3) is 18.4 Å². The molecule has 1 aliphatic rings. The predicted molar refractivity (Wildman–Crippen MR) is 126 cm³/mol. The van der Waals surface area contributed by atoms with Gasteiger partial charge in [-0.05, 0) is 13.1 Å². The summed E-state index contributed by atoms with van der Waals surface area (Å²) in [6.07, 6.45) is 0.701. The van der Waals surface area contributed by atoms with Crippen LogP contribution >= 0.6 is 0 Å². The molecular formula is C18H40O13Si3. The van der Waals surface area contributed by atoms with Gasteiger partial charge in [0.2, 0.25) is 0 Å². The van der Waals surface area contributed by atoms with Crippen molar-refractivity contribution in [2.24, 2.45) is 0 Å². The minimum atomic E-state index is -3.05. The van der Waals surface area contributed by atoms with Gasteiger partial charge < -0.3 is 45.9 Å². The van der Waals surface area contributed by atoms with Crippen LogP contribution in [0.5, 0.6) is 0 Å². The zero-order chi connectivity index (χ0) is 26.8. The Balaban J connectivity index is 0. The molecule has 1 unspecified atom stereocenters. The lowest BCUT2D eigenvalue weighted by atomic mass is 10.5. The lowest BCUT2D eigenvalue weighted by Crippen LogP contribution is -2.46. The first-order valence-electron chi connectivity index (χ1n) is 10.2. The molecule has 0 radical (unpaired) electrons. The molecule has 16 heteroatoms. The van der Waals surface area contributed by atoms with Crippen molar-refractivity contribution in [3.8, 4) is 0 Å². The quantitative estimate of drug-likeness (QED) is 0.177. The van der Waals surface area contributed by atoms with Crippen molar-refractivity contribution in [1.82, 2.24) is 0 Å². The Morgan fingerprint density at radius 2 is 1.32 bits per heavy atom. The molecule has 34 heavy (non-hydrogen) atoms. The van der Waals surface area contributed by atoms with Gasteiger partial charge in [0, 0.05) is 48.8 Å². The summed E-state index contributed by atoms with van der Waals surface area (Å²) in [6.45, 7) is 9.31. The van der Waals surface area contributed by atoms with Gasteiger partial charge in [-0.15, -0.1) is 0 Å². The number of epoxide rings is 1. The van der Waals surface area contributed by atoms with Crippen molar-refractivity contribution in [3.63, 3.8) is 0 Å². The van der Waals surface area contributed by atoms with Gasteiger partial charge in [-0.2, -0.15) is 0 Å². The summed E-state index contributed by atoms with van der Waals surface area (Å²) < 4.78 is 44.8. The molecule has 1 fully saturated rings. The molecule has 1 saturated heterocycles. The van der Waals surface area contributed by atoms with Crippen LogP contribution in [-0.4, -0.2) is 116 Å². The minimum absolute atomic E-state index is 0.0139. The van der Waals surface area contributed by atoms with Crippen LogP contribution < -0.4 is 0 Å². The first-order valence-corrected chi connectivity index (χ1v) is 17.8. The summed E-state index contributed by atoms with van der Waals surface area (Å²) in [5.74, 6) is -1.15. The average Bonchev–Trinajstić information content (AvgIpc) is 3.61. The fourth-order valence-corrected chi connectivity index (χ4v) is 4.89. The molecule has 1 atom stereocenters. The van der Waals surface area contributed by atoms with Crippen molar-refractivity contribution in [1.29, 1.82) is 0 Å². The zero-order valence-corrected chi connectivity index (χ0v) is 24.5. The van der Waals surface area contributed by atoms with E-state index in [9.17, 15) is 14.4 Å². The third-order valence-electron chi connectivity index (χ3n) is 4.22. The average molecular weight is 549 g/mol. The van der Waals surface area contributed by atoms with Crippen molar-refractivity contribution in [2.75, 3.05) is 60.3 Å². The highest BCUT2D eigenvalue weighted by atomic mass is 28.4. The fraction of sp³-hybridized carbons (Fsp3) is 0.833. The molecule has 0 spiro atoms. The fourth-order valence-electron chi connectivity index (χ4n) is 1.83. The van der Waals surface area contributed by atoms with E-state index in [0.717, 1.165) is 6.61 Å². The first kappa shape index (κ1) is 34.9. The van der Waals surface area contributed by atoms with Crippen molar-refractivity contribution >= 4 is 44.1 Å². The molecule has 0 aromatic heterocycles. The van der Waals surface area contributed by atoms with E-state index in [4.69, 9.17) is 41.1 Å². The van der Waals surface area contributed by atoms with Crippen molar-refractivity contribution in [2.45, 2.75) is 39.6 Å². The highest BCUT2D eigenvalue weighted by molar-refractivity contribution is 6.69. The monoisotopic (exact) mass is 548 g/mol. The Hall–Kier alpha value is -1.22. The Labute approximate surface area is 204 Å². The Morgan fingerprint density at radius 1 is 0.882 bits per heavy atom. The Bertz CT molecular complexity index is 557. The van der Waals surface area contributed by atoms with E-state index < -0.39 is 37.6 Å². The van der Waals surface area contributed by atoms with E-state index in [0.29, 0.717) is 18.9 Å². The number of carbonyl (C=O) groups is 3. The third kappa shape index (κ3) is 18.2. The van der Waals surface area contributed by atoms with Crippen molar-refractivity contribution < 1.29 is 60.3 Å². The maximum Gasteiger partial charge on any atom is 0.500 e. The number of ether oxygens (including phenoxy) is 3. The summed E-state index contributed by atoms with van der Waals surface area (Å²) in [5.41, 5.74) is 0. The van der Waals surface area contributed by atoms with E-state index in [-0.39, 0.29) is 18.9 Å². The molecule has 0 aromatic rings. The maximum atomic E-state index is 10.7. The maximum absolute atomic E-state index is 10.7. The molecule has 0 bridgehead atoms. The molecule has 1 heterocycles. The van der Waals surface area contributed by atoms with Gasteiger partial charge >= 0.3 is 25.7 Å². The van der Waals surface area contributed by atoms with E-state index in [2.05, 4.69) is 4.74 Å². The molecule has 13 nitrogen and oxygen atoms in total. The summed E-state index contributed by atoms with van der Waals surface area (Å²) in [5, 5.41) is 8.60. The molecule has 1 rings (SSSR count). The lowest BCUT2D eigenvalue weighted by molar-refractivity contribution is -0.141. The normalized spacial score (nSPS) is 15.1. The Morgan fingerprint density at radius 3 is 1.59 bits per heavy atom. The summed E-state index contributed by atoms with van der Waals surface area (Å²) in [6, 6.07) is 0. The van der Waals surface area contributed by atoms with E-state index in [1.54, 1.807) is 35.0 Å². The smallest absolute Gasteiger partial charge is 0.483 e. The SMILES string of the molecule is CC(=O)O[Si](C)(COC=O)OC(C)=O.CO[Si](C)(CO)OC.CO[Si](C)(COCC1CO1)OC. The molecule has 0 aliphatic carbocycles. The molecular weight excluding hydrogens is 508 g/mol. The molecule has 0 amide bonds. The van der Waals surface area contributed by atoms with Gasteiger partial charge in [-0.1, -0.05) is 0 Å². The molecule has 0 aromatic carbocycles. The van der Waals surface area contributed by atoms with Crippen LogP contribution in [0, 0.1) is 0 Å². The lowest BCUT2D eigenvalue weighted by Gasteiger charge is -2.23. The van der Waals surface area contributed by atoms with Crippen LogP contribution in [0.25, 0.3) is 0 Å². The summed E-state index contributed by atoms with van der Waals surface area (Å²) >= 11 is 0. The largest absolute Gasteiger partial charge is 0.500 e. The van der Waals surface area contributed by atoms with Gasteiger partial charge in [0.05, 0.1) is 25.7 Å². The highest BCUT2D eigenvalue weighted by Crippen LogP contribution is 2.11. The summed E-state index contributed by atoms with van der Waals surface area (Å²) in [4.78, 5) is 31.3. The van der Waals surface area contributed by atoms with Crippen molar-refractivity contribution in [3.05, 3.63) is 0 Å². The van der Waals surface area contributed by atoms with E-state index >= 15 is 0 Å². The molecule has 202 valence electrons. The third-order valence-corrected chi connectivity index (χ3v) is 11.1. The second-order valence-electron chi connectivity index (χ2n) is 7.44. The van der Waals surface area contributed by atoms with Crippen LogP contribution in [0.4, 0.5) is 0 Å². The number of rotatable bonds is 14. The van der Waals surface area contributed by atoms with Gasteiger partial charge in [0.15, 0.2) is 6.23 Å². The van der Waals surface area contributed by atoms with Crippen LogP contribution in [0.3, 0.4) is 0 Å². The first-order chi connectivity index (χ1) is 15.8. The van der Waals surface area contributed by atoms with Crippen LogP contribution in [-0.2, 0) is 55.2 Å². The highest BCUT2D eigenvalue weighted by Gasteiger charge is 2.39. The van der Waals surface area contributed by atoms with E-state index in [1.807, 2.05) is 6.55 Å². The van der Waals surface area contributed by atoms with Crippen LogP contribution in [0.15, 0.2) is 0 Å². The number of aliphatic hydroxyl groups excluding tert-OH is 1. The standard InChI is InChI=1S/C7H12O6Si.C7H16O4Si.C4H12O3Si/c1-6(9)12-14(3,5-11-4-8)13-7(2)10;1-8-12(3,9-2)6-10-4-7-5-11-7;1-6-8(3,4-5)7-2/h4H,5H2,1-3H3;7H,4-6H2,1-3H3;5H,4H2,1-3H3. The number of aliphatic hydroxyl groups is 1. The van der Waals surface area contributed by atoms with Crippen LogP contribution in [0.1, 0.15) is 13.8 Å². The predicted octanol–water partition coefficient (Wildman–Crippen LogP) is 0.0853. The summed E-state index contributed by atoms with van der Waals surface area (Å²) in [7, 11) is -0.765. The van der Waals surface area contributed by atoms with Gasteiger partial charge in [0.1, 0.15) is 6.10 Å². The molecule has 1 N–H and O–H groups in total. The topological polar surface area (TPSA) is 158 Å². The number of carbonyl (C=O) groups excluding carboxylic acids is 3. The Kier molecular flexibility index (Phi) is 18.6. The zero-order valence-electron chi connectivity index (χ0n) is 21.5. The molecule has 0 saturated carbocycles. The van der Waals surface area contributed by atoms with Gasteiger partial charge in [-0.25, -0.2) is 0 Å². The number of hydrogen-bond donors (Lipinski definition) is 1. The second kappa shape index (κ2) is 18.1. The van der Waals surface area contributed by atoms with Gasteiger partial charge in [-0.3, -0.25) is 14.4 Å². The minimum Gasteiger partial charge on any atom is -0.483 e. The molecule has 1 aliphatic heterocycles. The second-order valence-corrected chi connectivity index (χ2v) is 17.2. The van der Waals surface area contributed by atoms with E-state index in [1.165, 1.54) is 20.4 Å². The number of hydrogen-bond acceptors (Lipinski definition) is 13.